The summed E-state index contributed by atoms with van der Waals surface area (Å²) in [6.45, 7) is 6.14. The van der Waals surface area contributed by atoms with E-state index in [1.54, 1.807) is 20.2 Å². The van der Waals surface area contributed by atoms with Gasteiger partial charge in [-0.15, -0.1) is 0 Å². The van der Waals surface area contributed by atoms with E-state index < -0.39 is 5.97 Å². The van der Waals surface area contributed by atoms with Crippen LogP contribution in [0.2, 0.25) is 0 Å². The molecule has 1 N–H and O–H groups in total. The van der Waals surface area contributed by atoms with Crippen molar-refractivity contribution in [1.82, 2.24) is 14.5 Å². The third-order valence-corrected chi connectivity index (χ3v) is 3.61. The van der Waals surface area contributed by atoms with Gasteiger partial charge in [0.15, 0.2) is 0 Å². The molecule has 0 fully saturated rings. The molecule has 0 saturated carbocycles. The topological polar surface area (TPSA) is 88.6 Å². The van der Waals surface area contributed by atoms with Crippen LogP contribution in [0.15, 0.2) is 23.1 Å². The summed E-state index contributed by atoms with van der Waals surface area (Å²) < 4.78 is 7.22. The molecule has 2 rings (SSSR count). The number of amides is 1. The zero-order valence-corrected chi connectivity index (χ0v) is 13.7. The van der Waals surface area contributed by atoms with Gasteiger partial charge in [-0.25, -0.2) is 4.98 Å². The van der Waals surface area contributed by atoms with Crippen LogP contribution in [0.3, 0.4) is 0 Å². The molecule has 0 spiro atoms. The SMILES string of the molecule is Cc1coc(CC(=O)O)c1C(=O)N(C)Cc1nccn1C(C)C. The lowest BCUT2D eigenvalue weighted by molar-refractivity contribution is -0.136. The van der Waals surface area contributed by atoms with Crippen molar-refractivity contribution >= 4 is 11.9 Å². The predicted octanol–water partition coefficient (Wildman–Crippen LogP) is 2.26. The number of nitrogens with zero attached hydrogens (tertiary/aromatic N) is 3. The van der Waals surface area contributed by atoms with Gasteiger partial charge in [0.2, 0.25) is 0 Å². The Balaban J connectivity index is 2.22. The largest absolute Gasteiger partial charge is 0.481 e. The van der Waals surface area contributed by atoms with Crippen LogP contribution in [-0.4, -0.2) is 38.5 Å². The average Bonchev–Trinajstić information content (AvgIpc) is 3.05. The minimum absolute atomic E-state index is 0.180. The highest BCUT2D eigenvalue weighted by Crippen LogP contribution is 2.20. The molecule has 2 aromatic heterocycles. The van der Waals surface area contributed by atoms with Gasteiger partial charge in [-0.05, 0) is 20.8 Å². The van der Waals surface area contributed by atoms with Crippen molar-refractivity contribution in [2.45, 2.75) is 39.8 Å². The Morgan fingerprint density at radius 3 is 2.74 bits per heavy atom. The van der Waals surface area contributed by atoms with Gasteiger partial charge in [0, 0.05) is 31.0 Å². The first kappa shape index (κ1) is 16.8. The third kappa shape index (κ3) is 3.61. The van der Waals surface area contributed by atoms with E-state index in [1.807, 2.05) is 24.6 Å². The summed E-state index contributed by atoms with van der Waals surface area (Å²) in [4.78, 5) is 29.4. The fourth-order valence-corrected chi connectivity index (χ4v) is 2.46. The summed E-state index contributed by atoms with van der Waals surface area (Å²) in [6, 6.07) is 0.245. The number of carboxylic acid groups (broad SMARTS) is 1. The number of carbonyl (C=O) groups excluding carboxylic acids is 1. The van der Waals surface area contributed by atoms with Crippen LogP contribution in [0.4, 0.5) is 0 Å². The summed E-state index contributed by atoms with van der Waals surface area (Å²) in [5, 5.41) is 8.93. The first-order valence-electron chi connectivity index (χ1n) is 7.37. The third-order valence-electron chi connectivity index (χ3n) is 3.61. The van der Waals surface area contributed by atoms with Gasteiger partial charge < -0.3 is 19.0 Å². The normalized spacial score (nSPS) is 11.0. The molecule has 0 atom stereocenters. The number of imidazole rings is 1. The number of hydrogen-bond acceptors (Lipinski definition) is 4. The molecule has 7 heteroatoms. The van der Waals surface area contributed by atoms with Gasteiger partial charge in [-0.3, -0.25) is 9.59 Å². The van der Waals surface area contributed by atoms with Crippen molar-refractivity contribution in [3.8, 4) is 0 Å². The van der Waals surface area contributed by atoms with Crippen LogP contribution in [0.5, 0.6) is 0 Å². The zero-order valence-electron chi connectivity index (χ0n) is 13.7. The van der Waals surface area contributed by atoms with Crippen molar-refractivity contribution in [1.29, 1.82) is 0 Å². The standard InChI is InChI=1S/C16H21N3O4/c1-10(2)19-6-5-17-13(19)8-18(4)16(22)15-11(3)9-23-12(15)7-14(20)21/h5-6,9-10H,7-8H2,1-4H3,(H,20,21). The molecule has 0 aliphatic rings. The van der Waals surface area contributed by atoms with Gasteiger partial charge in [-0.1, -0.05) is 0 Å². The fraction of sp³-hybridized carbons (Fsp3) is 0.438. The molecule has 0 unspecified atom stereocenters. The number of aryl methyl sites for hydroxylation is 1. The molecule has 7 nitrogen and oxygen atoms in total. The van der Waals surface area contributed by atoms with E-state index in [4.69, 9.17) is 9.52 Å². The Morgan fingerprint density at radius 1 is 1.43 bits per heavy atom. The maximum Gasteiger partial charge on any atom is 0.311 e. The fourth-order valence-electron chi connectivity index (χ4n) is 2.46. The maximum atomic E-state index is 12.7. The predicted molar refractivity (Wildman–Crippen MR) is 83.2 cm³/mol. The molecule has 0 aromatic carbocycles. The van der Waals surface area contributed by atoms with Gasteiger partial charge in [0.05, 0.1) is 18.4 Å². The van der Waals surface area contributed by atoms with Crippen LogP contribution in [0, 0.1) is 6.92 Å². The van der Waals surface area contributed by atoms with E-state index in [0.29, 0.717) is 17.7 Å². The molecule has 0 aliphatic heterocycles. The van der Waals surface area contributed by atoms with Crippen molar-refractivity contribution in [3.05, 3.63) is 41.4 Å². The Bertz CT molecular complexity index is 715. The van der Waals surface area contributed by atoms with Crippen molar-refractivity contribution < 1.29 is 19.1 Å². The minimum Gasteiger partial charge on any atom is -0.481 e. The zero-order chi connectivity index (χ0) is 17.1. The second-order valence-electron chi connectivity index (χ2n) is 5.79. The number of furan rings is 1. The van der Waals surface area contributed by atoms with Gasteiger partial charge in [0.25, 0.3) is 5.91 Å². The highest BCUT2D eigenvalue weighted by Gasteiger charge is 2.24. The number of carbonyl (C=O) groups is 2. The van der Waals surface area contributed by atoms with E-state index >= 15 is 0 Å². The molecule has 2 heterocycles. The summed E-state index contributed by atoms with van der Waals surface area (Å²) in [6.07, 6.45) is 4.67. The number of aliphatic carboxylic acids is 1. The number of rotatable bonds is 6. The molecule has 0 radical (unpaired) electrons. The highest BCUT2D eigenvalue weighted by molar-refractivity contribution is 5.97. The monoisotopic (exact) mass is 319 g/mol. The molecule has 0 bridgehead atoms. The van der Waals surface area contributed by atoms with Crippen LogP contribution in [0.1, 0.15) is 47.4 Å². The number of hydrogen-bond donors (Lipinski definition) is 1. The van der Waals surface area contributed by atoms with E-state index in [-0.39, 0.29) is 24.1 Å². The van der Waals surface area contributed by atoms with Gasteiger partial charge >= 0.3 is 5.97 Å². The molecular formula is C16H21N3O4. The Morgan fingerprint density at radius 2 is 2.13 bits per heavy atom. The van der Waals surface area contributed by atoms with Gasteiger partial charge in [0.1, 0.15) is 18.0 Å². The highest BCUT2D eigenvalue weighted by atomic mass is 16.4. The van der Waals surface area contributed by atoms with E-state index in [1.165, 1.54) is 11.2 Å². The lowest BCUT2D eigenvalue weighted by atomic mass is 10.1. The molecular weight excluding hydrogens is 298 g/mol. The Labute approximate surface area is 134 Å². The molecule has 1 amide bonds. The maximum absolute atomic E-state index is 12.7. The average molecular weight is 319 g/mol. The second kappa shape index (κ2) is 6.68. The summed E-state index contributed by atoms with van der Waals surface area (Å²) in [7, 11) is 1.67. The van der Waals surface area contributed by atoms with Crippen LogP contribution in [0.25, 0.3) is 0 Å². The van der Waals surface area contributed by atoms with E-state index in [2.05, 4.69) is 4.98 Å². The molecule has 124 valence electrons. The lowest BCUT2D eigenvalue weighted by Gasteiger charge is -2.19. The Hall–Kier alpha value is -2.57. The quantitative estimate of drug-likeness (QED) is 0.882. The molecule has 23 heavy (non-hydrogen) atoms. The molecule has 2 aromatic rings. The smallest absolute Gasteiger partial charge is 0.311 e. The van der Waals surface area contributed by atoms with Crippen molar-refractivity contribution in [2.24, 2.45) is 0 Å². The molecule has 0 aliphatic carbocycles. The van der Waals surface area contributed by atoms with Crippen LogP contribution in [-0.2, 0) is 17.8 Å². The van der Waals surface area contributed by atoms with Crippen molar-refractivity contribution in [2.75, 3.05) is 7.05 Å². The van der Waals surface area contributed by atoms with E-state index in [0.717, 1.165) is 5.82 Å². The van der Waals surface area contributed by atoms with Crippen LogP contribution < -0.4 is 0 Å². The number of aromatic nitrogens is 2. The minimum atomic E-state index is -1.04. The Kier molecular flexibility index (Phi) is 4.88. The van der Waals surface area contributed by atoms with E-state index in [9.17, 15) is 9.59 Å². The first-order chi connectivity index (χ1) is 10.8. The van der Waals surface area contributed by atoms with Crippen molar-refractivity contribution in [3.63, 3.8) is 0 Å². The summed E-state index contributed by atoms with van der Waals surface area (Å²) in [5.41, 5.74) is 0.947. The number of carboxylic acids is 1. The first-order valence-corrected chi connectivity index (χ1v) is 7.37. The van der Waals surface area contributed by atoms with Gasteiger partial charge in [-0.2, -0.15) is 0 Å². The van der Waals surface area contributed by atoms with Crippen LogP contribution >= 0.6 is 0 Å². The summed E-state index contributed by atoms with van der Waals surface area (Å²) >= 11 is 0. The molecule has 0 saturated heterocycles. The lowest BCUT2D eigenvalue weighted by Crippen LogP contribution is -2.29. The second-order valence-corrected chi connectivity index (χ2v) is 5.79. The summed E-state index contributed by atoms with van der Waals surface area (Å²) in [5.74, 6) is -0.354.